The zero-order valence-corrected chi connectivity index (χ0v) is 17.8. The molecule has 0 amide bonds. The van der Waals surface area contributed by atoms with Crippen molar-refractivity contribution in [2.45, 2.75) is 26.2 Å². The number of rotatable bonds is 4. The zero-order valence-electron chi connectivity index (χ0n) is 16.1. The molecule has 0 saturated carbocycles. The molecule has 0 N–H and O–H groups in total. The van der Waals surface area contributed by atoms with Gasteiger partial charge in [0, 0.05) is 24.1 Å². The maximum atomic E-state index is 13.1. The lowest BCUT2D eigenvalue weighted by Gasteiger charge is -2.16. The molecule has 28 heavy (non-hydrogen) atoms. The number of benzene rings is 1. The summed E-state index contributed by atoms with van der Waals surface area (Å²) >= 11 is 0.912. The lowest BCUT2D eigenvalue weighted by molar-refractivity contribution is 0.103. The molecule has 0 unspecified atom stereocenters. The average molecular weight is 422 g/mol. The number of carbonyl (C=O) groups excluding carboxylic acids is 2. The Labute approximate surface area is 169 Å². The van der Waals surface area contributed by atoms with Crippen molar-refractivity contribution >= 4 is 38.3 Å². The molecule has 0 atom stereocenters. The van der Waals surface area contributed by atoms with E-state index in [9.17, 15) is 13.8 Å². The van der Waals surface area contributed by atoms with Gasteiger partial charge in [0.05, 0.1) is 21.6 Å². The van der Waals surface area contributed by atoms with Crippen LogP contribution in [-0.2, 0) is 16.8 Å². The van der Waals surface area contributed by atoms with Gasteiger partial charge in [-0.3, -0.25) is 4.79 Å². The van der Waals surface area contributed by atoms with Crippen molar-refractivity contribution in [3.05, 3.63) is 41.1 Å². The van der Waals surface area contributed by atoms with Gasteiger partial charge >= 0.3 is 5.30 Å². The number of thioether (sulfide) groups is 1. The Morgan fingerprint density at radius 2 is 1.93 bits per heavy atom. The molecule has 0 spiro atoms. The number of ether oxygens (including phenoxy) is 1. The highest BCUT2D eigenvalue weighted by Crippen LogP contribution is 2.29. The summed E-state index contributed by atoms with van der Waals surface area (Å²) in [7, 11) is -0.668. The molecule has 1 fully saturated rings. The van der Waals surface area contributed by atoms with Crippen LogP contribution in [0.1, 0.15) is 40.7 Å². The smallest absolute Gasteiger partial charge is 0.373 e. The summed E-state index contributed by atoms with van der Waals surface area (Å²) in [5.41, 5.74) is 1.86. The van der Waals surface area contributed by atoms with Gasteiger partial charge in [0.2, 0.25) is 5.88 Å². The number of hydrogen-bond donors (Lipinski definition) is 0. The molecule has 1 aliphatic heterocycles. The summed E-state index contributed by atoms with van der Waals surface area (Å²) in [6.45, 7) is 1.79. The summed E-state index contributed by atoms with van der Waals surface area (Å²) in [5, 5.41) is 3.53. The standard InChI is InChI=1S/C19H23N3O4S2/c1-13-14(8-7-9-16(13)21-28(25)10-5-4-6-11-28)17(23)15-12-20-22(2)18(15)26-19(24)27-3/h7-9,12H,4-6,10-11H2,1-3H3. The van der Waals surface area contributed by atoms with Crippen LogP contribution in [0.15, 0.2) is 28.8 Å². The Morgan fingerprint density at radius 1 is 1.21 bits per heavy atom. The fourth-order valence-corrected chi connectivity index (χ4v) is 5.56. The molecule has 9 heteroatoms. The number of aromatic nitrogens is 2. The van der Waals surface area contributed by atoms with E-state index in [1.807, 2.05) is 0 Å². The second kappa shape index (κ2) is 8.48. The molecule has 1 saturated heterocycles. The quantitative estimate of drug-likeness (QED) is 0.545. The zero-order chi connectivity index (χ0) is 20.3. The third-order valence-corrected chi connectivity index (χ3v) is 7.52. The van der Waals surface area contributed by atoms with E-state index < -0.39 is 15.0 Å². The van der Waals surface area contributed by atoms with Crippen molar-refractivity contribution in [2.75, 3.05) is 17.8 Å². The first-order valence-electron chi connectivity index (χ1n) is 8.99. The van der Waals surface area contributed by atoms with Crippen molar-refractivity contribution < 1.29 is 18.5 Å². The van der Waals surface area contributed by atoms with Crippen LogP contribution in [0, 0.1) is 6.92 Å². The predicted molar refractivity (Wildman–Crippen MR) is 111 cm³/mol. The lowest BCUT2D eigenvalue weighted by Crippen LogP contribution is -2.16. The third-order valence-electron chi connectivity index (χ3n) is 4.72. The molecule has 0 aliphatic carbocycles. The molecule has 1 aliphatic rings. The van der Waals surface area contributed by atoms with Crippen LogP contribution in [0.25, 0.3) is 0 Å². The summed E-state index contributed by atoms with van der Waals surface area (Å²) < 4.78 is 24.1. The fraction of sp³-hybridized carbons (Fsp3) is 0.421. The van der Waals surface area contributed by atoms with E-state index in [0.717, 1.165) is 31.0 Å². The molecule has 3 rings (SSSR count). The summed E-state index contributed by atoms with van der Waals surface area (Å²) in [4.78, 5) is 24.8. The SMILES string of the molecule is CSC(=O)Oc1c(C(=O)c2cccc(N=S3(=O)CCCCC3)c2C)cnn1C. The molecule has 2 heterocycles. The van der Waals surface area contributed by atoms with Crippen molar-refractivity contribution in [1.29, 1.82) is 0 Å². The van der Waals surface area contributed by atoms with Crippen molar-refractivity contribution in [2.24, 2.45) is 11.4 Å². The van der Waals surface area contributed by atoms with Crippen LogP contribution < -0.4 is 4.74 Å². The maximum absolute atomic E-state index is 13.1. The van der Waals surface area contributed by atoms with Crippen LogP contribution in [-0.4, -0.2) is 42.8 Å². The van der Waals surface area contributed by atoms with Crippen LogP contribution in [0.5, 0.6) is 5.88 Å². The Morgan fingerprint density at radius 3 is 2.61 bits per heavy atom. The second-order valence-corrected chi connectivity index (χ2v) is 9.94. The minimum absolute atomic E-state index is 0.101. The van der Waals surface area contributed by atoms with Crippen LogP contribution in [0.4, 0.5) is 10.5 Å². The highest BCUT2D eigenvalue weighted by molar-refractivity contribution is 8.12. The molecule has 1 aromatic heterocycles. The van der Waals surface area contributed by atoms with E-state index in [1.165, 1.54) is 10.9 Å². The topological polar surface area (TPSA) is 90.6 Å². The Kier molecular flexibility index (Phi) is 6.24. The van der Waals surface area contributed by atoms with Gasteiger partial charge in [-0.25, -0.2) is 13.7 Å². The predicted octanol–water partition coefficient (Wildman–Crippen LogP) is 4.10. The molecular formula is C19H23N3O4S2. The van der Waals surface area contributed by atoms with E-state index in [0.29, 0.717) is 28.3 Å². The van der Waals surface area contributed by atoms with Crippen LogP contribution in [0.3, 0.4) is 0 Å². The Bertz CT molecular complexity index is 1020. The molecule has 0 radical (unpaired) electrons. The van der Waals surface area contributed by atoms with Gasteiger partial charge in [0.25, 0.3) is 0 Å². The average Bonchev–Trinajstić information content (AvgIpc) is 3.03. The first-order chi connectivity index (χ1) is 13.3. The molecule has 1 aromatic carbocycles. The number of hydrogen-bond acceptors (Lipinski definition) is 7. The van der Waals surface area contributed by atoms with Crippen LogP contribution >= 0.6 is 11.8 Å². The first-order valence-corrected chi connectivity index (χ1v) is 12.1. The van der Waals surface area contributed by atoms with E-state index in [2.05, 4.69) is 9.46 Å². The van der Waals surface area contributed by atoms with Gasteiger partial charge in [-0.05, 0) is 49.4 Å². The largest absolute Gasteiger partial charge is 0.399 e. The minimum Gasteiger partial charge on any atom is -0.399 e. The number of nitrogens with zero attached hydrogens (tertiary/aromatic N) is 3. The van der Waals surface area contributed by atoms with Crippen LogP contribution in [0.2, 0.25) is 0 Å². The van der Waals surface area contributed by atoms with E-state index in [-0.39, 0.29) is 17.2 Å². The van der Waals surface area contributed by atoms with Crippen molar-refractivity contribution in [1.82, 2.24) is 9.78 Å². The van der Waals surface area contributed by atoms with E-state index in [4.69, 9.17) is 4.74 Å². The molecule has 7 nitrogen and oxygen atoms in total. The summed E-state index contributed by atoms with van der Waals surface area (Å²) in [6, 6.07) is 5.21. The van der Waals surface area contributed by atoms with E-state index >= 15 is 0 Å². The third kappa shape index (κ3) is 4.30. The van der Waals surface area contributed by atoms with E-state index in [1.54, 1.807) is 38.4 Å². The van der Waals surface area contributed by atoms with Gasteiger partial charge in [0.1, 0.15) is 5.56 Å². The lowest BCUT2D eigenvalue weighted by atomic mass is 10.00. The highest BCUT2D eigenvalue weighted by atomic mass is 32.2. The Hall–Kier alpha value is -2.13. The summed E-state index contributed by atoms with van der Waals surface area (Å²) in [6.07, 6.45) is 5.90. The Balaban J connectivity index is 2.00. The number of ketones is 1. The molecule has 0 bridgehead atoms. The fourth-order valence-electron chi connectivity index (χ4n) is 3.14. The minimum atomic E-state index is -2.27. The van der Waals surface area contributed by atoms with Gasteiger partial charge in [-0.1, -0.05) is 18.6 Å². The number of carbonyl (C=O) groups is 2. The normalized spacial score (nSPS) is 15.8. The number of aryl methyl sites for hydroxylation is 1. The van der Waals surface area contributed by atoms with Crippen molar-refractivity contribution in [3.8, 4) is 5.88 Å². The first kappa shape index (κ1) is 20.6. The second-order valence-electron chi connectivity index (χ2n) is 6.65. The maximum Gasteiger partial charge on any atom is 0.373 e. The molecular weight excluding hydrogens is 398 g/mol. The monoisotopic (exact) mass is 421 g/mol. The van der Waals surface area contributed by atoms with Gasteiger partial charge < -0.3 is 4.74 Å². The highest BCUT2D eigenvalue weighted by Gasteiger charge is 2.24. The van der Waals surface area contributed by atoms with Gasteiger partial charge in [-0.2, -0.15) is 9.46 Å². The van der Waals surface area contributed by atoms with Gasteiger partial charge in [0.15, 0.2) is 5.78 Å². The van der Waals surface area contributed by atoms with Crippen molar-refractivity contribution in [3.63, 3.8) is 0 Å². The summed E-state index contributed by atoms with van der Waals surface area (Å²) in [5.74, 6) is 0.985. The molecule has 2 aromatic rings. The molecule has 150 valence electrons. The van der Waals surface area contributed by atoms with Gasteiger partial charge in [-0.15, -0.1) is 0 Å².